The number of piperazine rings is 1. The number of hydrogen-bond donors (Lipinski definition) is 1. The van der Waals surface area contributed by atoms with E-state index in [9.17, 15) is 0 Å². The van der Waals surface area contributed by atoms with Gasteiger partial charge in [-0.15, -0.1) is 0 Å². The molecule has 0 spiro atoms. The van der Waals surface area contributed by atoms with Crippen LogP contribution in [0.3, 0.4) is 0 Å². The van der Waals surface area contributed by atoms with Crippen LogP contribution in [0.1, 0.15) is 11.1 Å². The van der Waals surface area contributed by atoms with Crippen LogP contribution in [-0.2, 0) is 6.54 Å². The second kappa shape index (κ2) is 7.27. The number of halogens is 1. The minimum absolute atomic E-state index is 0.728. The third-order valence-electron chi connectivity index (χ3n) is 4.14. The number of hydrogen-bond acceptors (Lipinski definition) is 5. The van der Waals surface area contributed by atoms with Crippen molar-refractivity contribution in [2.24, 2.45) is 0 Å². The molecule has 6 heteroatoms. The zero-order valence-corrected chi connectivity index (χ0v) is 15.2. The van der Waals surface area contributed by atoms with E-state index in [1.165, 1.54) is 0 Å². The summed E-state index contributed by atoms with van der Waals surface area (Å²) in [5.74, 6) is 1.98. The van der Waals surface area contributed by atoms with Crippen LogP contribution in [0, 0.1) is 6.92 Å². The highest BCUT2D eigenvalue weighted by Gasteiger charge is 2.14. The number of nitrogens with one attached hydrogen (secondary N) is 1. The summed E-state index contributed by atoms with van der Waals surface area (Å²) in [5.41, 5.74) is 2.29. The van der Waals surface area contributed by atoms with Gasteiger partial charge in [0.1, 0.15) is 11.6 Å². The Labute approximate surface area is 145 Å². The van der Waals surface area contributed by atoms with Crippen LogP contribution in [0.15, 0.2) is 35.1 Å². The maximum atomic E-state index is 4.62. The van der Waals surface area contributed by atoms with Crippen molar-refractivity contribution in [2.75, 3.05) is 43.4 Å². The molecule has 1 fully saturated rings. The van der Waals surface area contributed by atoms with E-state index in [0.29, 0.717) is 0 Å². The van der Waals surface area contributed by atoms with Crippen LogP contribution in [0.5, 0.6) is 0 Å². The molecule has 1 aliphatic rings. The highest BCUT2D eigenvalue weighted by atomic mass is 79.9. The number of rotatable bonds is 4. The van der Waals surface area contributed by atoms with Crippen LogP contribution in [0.25, 0.3) is 0 Å². The molecule has 0 radical (unpaired) electrons. The Morgan fingerprint density at radius 1 is 1.13 bits per heavy atom. The Bertz CT molecular complexity index is 651. The average Bonchev–Trinajstić information content (AvgIpc) is 2.55. The van der Waals surface area contributed by atoms with Gasteiger partial charge in [-0.2, -0.15) is 0 Å². The lowest BCUT2D eigenvalue weighted by molar-refractivity contribution is 0.312. The van der Waals surface area contributed by atoms with Crippen LogP contribution in [-0.4, -0.2) is 48.1 Å². The standard InChI is InChI=1S/C17H22BrN5/c1-13-9-15(18)12-21-17(13)20-11-14-3-4-16(19-10-14)23-7-5-22(2)6-8-23/h3-4,9-10,12H,5-8,11H2,1-2H3,(H,20,21). The Balaban J connectivity index is 1.59. The van der Waals surface area contributed by atoms with Crippen molar-refractivity contribution in [1.82, 2.24) is 14.9 Å². The second-order valence-electron chi connectivity index (χ2n) is 5.99. The molecule has 0 amide bonds. The summed E-state index contributed by atoms with van der Waals surface area (Å²) in [5, 5.41) is 3.37. The monoisotopic (exact) mass is 375 g/mol. The molecule has 2 aromatic rings. The quantitative estimate of drug-likeness (QED) is 0.889. The fourth-order valence-electron chi connectivity index (χ4n) is 2.66. The van der Waals surface area contributed by atoms with Crippen LogP contribution in [0.2, 0.25) is 0 Å². The summed E-state index contributed by atoms with van der Waals surface area (Å²) in [6.45, 7) is 7.06. The summed E-state index contributed by atoms with van der Waals surface area (Å²) < 4.78 is 0.999. The molecule has 0 aromatic carbocycles. The number of pyridine rings is 2. The minimum Gasteiger partial charge on any atom is -0.366 e. The Hall–Kier alpha value is -1.66. The van der Waals surface area contributed by atoms with Gasteiger partial charge in [-0.1, -0.05) is 6.07 Å². The molecule has 0 aliphatic carbocycles. The SMILES string of the molecule is Cc1cc(Br)cnc1NCc1ccc(N2CCN(C)CC2)nc1. The Kier molecular flexibility index (Phi) is 5.13. The van der Waals surface area contributed by atoms with Crippen molar-refractivity contribution in [3.63, 3.8) is 0 Å². The molecule has 3 rings (SSSR count). The Morgan fingerprint density at radius 2 is 1.91 bits per heavy atom. The van der Waals surface area contributed by atoms with Crippen molar-refractivity contribution < 1.29 is 0 Å². The van der Waals surface area contributed by atoms with E-state index >= 15 is 0 Å². The first-order valence-electron chi connectivity index (χ1n) is 7.86. The summed E-state index contributed by atoms with van der Waals surface area (Å²) >= 11 is 3.43. The first-order chi connectivity index (χ1) is 11.1. The predicted octanol–water partition coefficient (Wildman–Crippen LogP) is 2.91. The van der Waals surface area contributed by atoms with E-state index in [4.69, 9.17) is 0 Å². The summed E-state index contributed by atoms with van der Waals surface area (Å²) in [6.07, 6.45) is 3.76. The molecule has 1 aliphatic heterocycles. The van der Waals surface area contributed by atoms with Gasteiger partial charge >= 0.3 is 0 Å². The van der Waals surface area contributed by atoms with Crippen molar-refractivity contribution >= 4 is 27.6 Å². The Morgan fingerprint density at radius 3 is 2.57 bits per heavy atom. The molecule has 0 saturated carbocycles. The smallest absolute Gasteiger partial charge is 0.129 e. The molecular weight excluding hydrogens is 354 g/mol. The fraction of sp³-hybridized carbons (Fsp3) is 0.412. The van der Waals surface area contributed by atoms with Crippen LogP contribution >= 0.6 is 15.9 Å². The van der Waals surface area contributed by atoms with E-state index in [1.807, 2.05) is 12.4 Å². The van der Waals surface area contributed by atoms with Gasteiger partial charge in [0, 0.05) is 49.6 Å². The highest BCUT2D eigenvalue weighted by molar-refractivity contribution is 9.10. The molecule has 0 atom stereocenters. The maximum Gasteiger partial charge on any atom is 0.129 e. The van der Waals surface area contributed by atoms with Crippen LogP contribution < -0.4 is 10.2 Å². The molecule has 5 nitrogen and oxygen atoms in total. The molecule has 1 saturated heterocycles. The second-order valence-corrected chi connectivity index (χ2v) is 6.90. The topological polar surface area (TPSA) is 44.3 Å². The van der Waals surface area contributed by atoms with Gasteiger partial charge in [0.2, 0.25) is 0 Å². The molecule has 122 valence electrons. The molecule has 0 unspecified atom stereocenters. The van der Waals surface area contributed by atoms with Crippen LogP contribution in [0.4, 0.5) is 11.6 Å². The lowest BCUT2D eigenvalue weighted by atomic mass is 10.2. The molecule has 3 heterocycles. The van der Waals surface area contributed by atoms with Gasteiger partial charge in [-0.05, 0) is 53.2 Å². The average molecular weight is 376 g/mol. The number of nitrogens with zero attached hydrogens (tertiary/aromatic N) is 4. The summed E-state index contributed by atoms with van der Waals surface area (Å²) in [6, 6.07) is 6.32. The normalized spacial score (nSPS) is 15.7. The van der Waals surface area contributed by atoms with Crippen molar-refractivity contribution in [1.29, 1.82) is 0 Å². The number of likely N-dealkylation sites (N-methyl/N-ethyl adjacent to an activating group) is 1. The van der Waals surface area contributed by atoms with Crippen molar-refractivity contribution in [3.8, 4) is 0 Å². The molecule has 0 bridgehead atoms. The minimum atomic E-state index is 0.728. The van der Waals surface area contributed by atoms with Gasteiger partial charge in [0.05, 0.1) is 0 Å². The first kappa shape index (κ1) is 16.2. The lowest BCUT2D eigenvalue weighted by Crippen LogP contribution is -2.44. The lowest BCUT2D eigenvalue weighted by Gasteiger charge is -2.33. The zero-order chi connectivity index (χ0) is 16.2. The van der Waals surface area contributed by atoms with E-state index in [2.05, 4.69) is 73.2 Å². The van der Waals surface area contributed by atoms with Crippen molar-refractivity contribution in [2.45, 2.75) is 13.5 Å². The highest BCUT2D eigenvalue weighted by Crippen LogP contribution is 2.18. The molecule has 23 heavy (non-hydrogen) atoms. The van der Waals surface area contributed by atoms with Gasteiger partial charge in [0.25, 0.3) is 0 Å². The number of anilines is 2. The number of aryl methyl sites for hydroxylation is 1. The fourth-order valence-corrected chi connectivity index (χ4v) is 3.10. The molecule has 2 aromatic heterocycles. The molecular formula is C17H22BrN5. The summed E-state index contributed by atoms with van der Waals surface area (Å²) in [7, 11) is 2.16. The predicted molar refractivity (Wildman–Crippen MR) is 97.9 cm³/mol. The van der Waals surface area contributed by atoms with Gasteiger partial charge in [0.15, 0.2) is 0 Å². The van der Waals surface area contributed by atoms with Gasteiger partial charge in [-0.25, -0.2) is 9.97 Å². The number of aromatic nitrogens is 2. The van der Waals surface area contributed by atoms with E-state index in [1.54, 1.807) is 0 Å². The summed E-state index contributed by atoms with van der Waals surface area (Å²) in [4.78, 5) is 13.7. The van der Waals surface area contributed by atoms with Gasteiger partial charge < -0.3 is 15.1 Å². The van der Waals surface area contributed by atoms with E-state index in [0.717, 1.165) is 60.0 Å². The largest absolute Gasteiger partial charge is 0.366 e. The third-order valence-corrected chi connectivity index (χ3v) is 4.57. The van der Waals surface area contributed by atoms with E-state index in [-0.39, 0.29) is 0 Å². The van der Waals surface area contributed by atoms with E-state index < -0.39 is 0 Å². The van der Waals surface area contributed by atoms with Gasteiger partial charge in [-0.3, -0.25) is 0 Å². The maximum absolute atomic E-state index is 4.62. The molecule has 1 N–H and O–H groups in total. The van der Waals surface area contributed by atoms with Crippen molar-refractivity contribution in [3.05, 3.63) is 46.2 Å². The third kappa shape index (κ3) is 4.20. The first-order valence-corrected chi connectivity index (χ1v) is 8.65. The zero-order valence-electron chi connectivity index (χ0n) is 13.6.